The van der Waals surface area contributed by atoms with Crippen molar-refractivity contribution < 1.29 is 0 Å². The fourth-order valence-electron chi connectivity index (χ4n) is 2.93. The van der Waals surface area contributed by atoms with Gasteiger partial charge in [-0.25, -0.2) is 0 Å². The molecule has 0 heterocycles. The van der Waals surface area contributed by atoms with Gasteiger partial charge in [0, 0.05) is 0 Å². The van der Waals surface area contributed by atoms with Crippen LogP contribution in [0.25, 0.3) is 0 Å². The molecule has 0 fully saturated rings. The third-order valence-electron chi connectivity index (χ3n) is 4.34. The molecule has 0 aliphatic heterocycles. The van der Waals surface area contributed by atoms with Crippen LogP contribution in [0.2, 0.25) is 0 Å². The van der Waals surface area contributed by atoms with Crippen molar-refractivity contribution >= 4 is 0 Å². The van der Waals surface area contributed by atoms with Crippen LogP contribution >= 0.6 is 0 Å². The Labute approximate surface area is 111 Å². The fraction of sp³-hybridized carbons (Fsp3) is 1.00. The molecule has 0 N–H and O–H groups in total. The molecule has 17 heavy (non-hydrogen) atoms. The summed E-state index contributed by atoms with van der Waals surface area (Å²) in [4.78, 5) is 0. The molecule has 0 rings (SSSR count). The molecule has 1 unspecified atom stereocenters. The van der Waals surface area contributed by atoms with Crippen molar-refractivity contribution in [3.05, 3.63) is 0 Å². The maximum Gasteiger partial charge on any atom is -0.0352 e. The van der Waals surface area contributed by atoms with Gasteiger partial charge in [-0.15, -0.1) is 0 Å². The molecule has 0 aromatic carbocycles. The zero-order valence-electron chi connectivity index (χ0n) is 13.5. The first-order valence-electron chi connectivity index (χ1n) is 7.72. The van der Waals surface area contributed by atoms with Gasteiger partial charge in [0.05, 0.1) is 0 Å². The topological polar surface area (TPSA) is 0 Å². The molecule has 0 heteroatoms. The normalized spacial score (nSPS) is 15.0. The standard InChI is InChI=1S/C17H36/c1-8-12-17(6,7)14-15(3)11-10-13-16(4,5)9-2/h15H,8-14H2,1-7H3. The number of hydrogen-bond acceptors (Lipinski definition) is 0. The van der Waals surface area contributed by atoms with E-state index in [1.165, 1.54) is 44.9 Å². The molecular weight excluding hydrogens is 204 g/mol. The molecule has 0 bridgehead atoms. The second kappa shape index (κ2) is 7.44. The summed E-state index contributed by atoms with van der Waals surface area (Å²) in [6.45, 7) is 16.7. The van der Waals surface area contributed by atoms with Crippen molar-refractivity contribution in [3.63, 3.8) is 0 Å². The Bertz CT molecular complexity index is 188. The van der Waals surface area contributed by atoms with Crippen LogP contribution in [0.4, 0.5) is 0 Å². The highest BCUT2D eigenvalue weighted by Gasteiger charge is 2.21. The van der Waals surface area contributed by atoms with Gasteiger partial charge in [-0.1, -0.05) is 74.1 Å². The molecule has 0 aromatic heterocycles. The first-order chi connectivity index (χ1) is 7.72. The van der Waals surface area contributed by atoms with E-state index in [0.717, 1.165) is 5.92 Å². The van der Waals surface area contributed by atoms with Gasteiger partial charge < -0.3 is 0 Å². The van der Waals surface area contributed by atoms with E-state index in [2.05, 4.69) is 48.5 Å². The molecule has 0 aliphatic carbocycles. The van der Waals surface area contributed by atoms with Crippen molar-refractivity contribution in [3.8, 4) is 0 Å². The number of rotatable bonds is 9. The van der Waals surface area contributed by atoms with Crippen LogP contribution in [-0.2, 0) is 0 Å². The molecule has 0 nitrogen and oxygen atoms in total. The summed E-state index contributed by atoms with van der Waals surface area (Å²) in [5.74, 6) is 0.893. The Morgan fingerprint density at radius 3 is 1.94 bits per heavy atom. The Morgan fingerprint density at radius 2 is 1.47 bits per heavy atom. The van der Waals surface area contributed by atoms with E-state index in [1.807, 2.05) is 0 Å². The summed E-state index contributed by atoms with van der Waals surface area (Å²) in [5.41, 5.74) is 1.10. The van der Waals surface area contributed by atoms with Gasteiger partial charge in [0.1, 0.15) is 0 Å². The second-order valence-corrected chi connectivity index (χ2v) is 7.63. The van der Waals surface area contributed by atoms with Crippen LogP contribution in [0.1, 0.15) is 93.4 Å². The Hall–Kier alpha value is 0. The molecule has 0 aliphatic rings. The second-order valence-electron chi connectivity index (χ2n) is 7.63. The largest absolute Gasteiger partial charge is 0.0654 e. The van der Waals surface area contributed by atoms with Crippen molar-refractivity contribution in [1.82, 2.24) is 0 Å². The first-order valence-corrected chi connectivity index (χ1v) is 7.72. The Kier molecular flexibility index (Phi) is 7.44. The molecule has 1 atom stereocenters. The quantitative estimate of drug-likeness (QED) is 0.434. The minimum Gasteiger partial charge on any atom is -0.0654 e. The van der Waals surface area contributed by atoms with Gasteiger partial charge in [-0.05, 0) is 36.0 Å². The maximum atomic E-state index is 2.44. The maximum absolute atomic E-state index is 2.44. The van der Waals surface area contributed by atoms with E-state index in [0.29, 0.717) is 10.8 Å². The van der Waals surface area contributed by atoms with E-state index >= 15 is 0 Å². The lowest BCUT2D eigenvalue weighted by atomic mass is 9.77. The average Bonchev–Trinajstić information content (AvgIpc) is 2.16. The molecule has 104 valence electrons. The van der Waals surface area contributed by atoms with E-state index in [4.69, 9.17) is 0 Å². The fourth-order valence-corrected chi connectivity index (χ4v) is 2.93. The van der Waals surface area contributed by atoms with Crippen LogP contribution < -0.4 is 0 Å². The minimum absolute atomic E-state index is 0.550. The zero-order chi connectivity index (χ0) is 13.5. The Balaban J connectivity index is 3.84. The summed E-state index contributed by atoms with van der Waals surface area (Å²) >= 11 is 0. The molecule has 0 saturated heterocycles. The highest BCUT2D eigenvalue weighted by atomic mass is 14.3. The van der Waals surface area contributed by atoms with Crippen LogP contribution in [0.5, 0.6) is 0 Å². The lowest BCUT2D eigenvalue weighted by molar-refractivity contribution is 0.233. The van der Waals surface area contributed by atoms with Crippen LogP contribution in [0, 0.1) is 16.7 Å². The van der Waals surface area contributed by atoms with Crippen LogP contribution in [0.3, 0.4) is 0 Å². The van der Waals surface area contributed by atoms with Crippen molar-refractivity contribution in [1.29, 1.82) is 0 Å². The summed E-state index contributed by atoms with van der Waals surface area (Å²) in [6.07, 6.45) is 9.61. The van der Waals surface area contributed by atoms with Crippen LogP contribution in [0.15, 0.2) is 0 Å². The predicted octanol–water partition coefficient (Wildman–Crippen LogP) is 6.45. The van der Waals surface area contributed by atoms with E-state index in [-0.39, 0.29) is 0 Å². The third kappa shape index (κ3) is 8.69. The first kappa shape index (κ1) is 17.0. The summed E-state index contributed by atoms with van der Waals surface area (Å²) in [7, 11) is 0. The average molecular weight is 240 g/mol. The van der Waals surface area contributed by atoms with Gasteiger partial charge in [0.2, 0.25) is 0 Å². The lowest BCUT2D eigenvalue weighted by Gasteiger charge is -2.29. The summed E-state index contributed by atoms with van der Waals surface area (Å²) in [6, 6.07) is 0. The molecule has 0 radical (unpaired) electrons. The third-order valence-corrected chi connectivity index (χ3v) is 4.34. The molecule has 0 aromatic rings. The summed E-state index contributed by atoms with van der Waals surface area (Å²) < 4.78 is 0. The van der Waals surface area contributed by atoms with Crippen LogP contribution in [-0.4, -0.2) is 0 Å². The summed E-state index contributed by atoms with van der Waals surface area (Å²) in [5, 5.41) is 0. The zero-order valence-corrected chi connectivity index (χ0v) is 13.5. The van der Waals surface area contributed by atoms with Gasteiger partial charge >= 0.3 is 0 Å². The van der Waals surface area contributed by atoms with E-state index in [1.54, 1.807) is 0 Å². The Morgan fingerprint density at radius 1 is 0.882 bits per heavy atom. The molecule has 0 spiro atoms. The predicted molar refractivity (Wildman–Crippen MR) is 80.4 cm³/mol. The highest BCUT2D eigenvalue weighted by molar-refractivity contribution is 4.73. The minimum atomic E-state index is 0.550. The van der Waals surface area contributed by atoms with E-state index < -0.39 is 0 Å². The number of hydrogen-bond donors (Lipinski definition) is 0. The van der Waals surface area contributed by atoms with Crippen molar-refractivity contribution in [2.75, 3.05) is 0 Å². The lowest BCUT2D eigenvalue weighted by Crippen LogP contribution is -2.16. The molecule has 0 saturated carbocycles. The molecule has 0 amide bonds. The van der Waals surface area contributed by atoms with Gasteiger partial charge in [0.15, 0.2) is 0 Å². The van der Waals surface area contributed by atoms with Gasteiger partial charge in [-0.3, -0.25) is 0 Å². The SMILES string of the molecule is CCCC(C)(C)CC(C)CCCC(C)(C)CC. The van der Waals surface area contributed by atoms with Crippen molar-refractivity contribution in [2.24, 2.45) is 16.7 Å². The van der Waals surface area contributed by atoms with Gasteiger partial charge in [-0.2, -0.15) is 0 Å². The highest BCUT2D eigenvalue weighted by Crippen LogP contribution is 2.34. The van der Waals surface area contributed by atoms with E-state index in [9.17, 15) is 0 Å². The van der Waals surface area contributed by atoms with Crippen molar-refractivity contribution in [2.45, 2.75) is 93.4 Å². The molecular formula is C17H36. The monoisotopic (exact) mass is 240 g/mol. The smallest absolute Gasteiger partial charge is 0.0352 e. The van der Waals surface area contributed by atoms with Gasteiger partial charge in [0.25, 0.3) is 0 Å².